The Balaban J connectivity index is 2.79. The van der Waals surface area contributed by atoms with Gasteiger partial charge in [0.15, 0.2) is 5.82 Å². The first-order valence-electron chi connectivity index (χ1n) is 5.97. The van der Waals surface area contributed by atoms with Gasteiger partial charge in [0.1, 0.15) is 32.8 Å². The molecule has 2 aromatic carbocycles. The second-order valence-electron chi connectivity index (χ2n) is 4.28. The van der Waals surface area contributed by atoms with Gasteiger partial charge in [-0.1, -0.05) is 6.07 Å². The number of ether oxygens (including phenoxy) is 1. The number of sulfone groups is 1. The lowest BCUT2D eigenvalue weighted by atomic mass is 10.2. The molecule has 0 spiro atoms. The molecule has 0 aliphatic rings. The molecular formula is C14H8F4O4S. The quantitative estimate of drug-likeness (QED) is 0.486. The SMILES string of the molecule is COC(=O)c1c(F)ccc(S(=O)(=O)c2c(F)cccc2F)c1F. The largest absolute Gasteiger partial charge is 0.465 e. The van der Waals surface area contributed by atoms with Gasteiger partial charge in [0.2, 0.25) is 9.84 Å². The van der Waals surface area contributed by atoms with Crippen LogP contribution in [-0.2, 0) is 14.6 Å². The Morgan fingerprint density at radius 2 is 1.52 bits per heavy atom. The number of carbonyl (C=O) groups excluding carboxylic acids is 1. The molecule has 0 atom stereocenters. The van der Waals surface area contributed by atoms with Crippen LogP contribution >= 0.6 is 0 Å². The molecule has 0 radical (unpaired) electrons. The van der Waals surface area contributed by atoms with Crippen LogP contribution in [0.5, 0.6) is 0 Å². The summed E-state index contributed by atoms with van der Waals surface area (Å²) in [7, 11) is -4.18. The first-order valence-corrected chi connectivity index (χ1v) is 7.45. The second-order valence-corrected chi connectivity index (χ2v) is 6.14. The van der Waals surface area contributed by atoms with Crippen molar-refractivity contribution >= 4 is 15.8 Å². The zero-order valence-corrected chi connectivity index (χ0v) is 12.3. The van der Waals surface area contributed by atoms with Gasteiger partial charge in [-0.05, 0) is 24.3 Å². The molecule has 0 unspecified atom stereocenters. The number of carbonyl (C=O) groups is 1. The molecule has 2 rings (SSSR count). The van der Waals surface area contributed by atoms with Crippen molar-refractivity contribution in [2.24, 2.45) is 0 Å². The standard InChI is InChI=1S/C14H8F4O4S/c1-22-14(19)11-7(15)5-6-10(12(11)18)23(20,21)13-8(16)3-2-4-9(13)17/h2-6H,1H3. The van der Waals surface area contributed by atoms with Crippen molar-refractivity contribution in [3.8, 4) is 0 Å². The van der Waals surface area contributed by atoms with Crippen LogP contribution in [0.4, 0.5) is 17.6 Å². The summed E-state index contributed by atoms with van der Waals surface area (Å²) < 4.78 is 83.8. The Labute approximate surface area is 128 Å². The van der Waals surface area contributed by atoms with Gasteiger partial charge in [-0.2, -0.15) is 0 Å². The molecule has 0 aromatic heterocycles. The maximum atomic E-state index is 14.3. The van der Waals surface area contributed by atoms with Gasteiger partial charge in [0.25, 0.3) is 0 Å². The Bertz CT molecular complexity index is 874. The molecule has 0 amide bonds. The van der Waals surface area contributed by atoms with Crippen molar-refractivity contribution in [2.45, 2.75) is 9.79 Å². The summed E-state index contributed by atoms with van der Waals surface area (Å²) in [6, 6.07) is 3.21. The monoisotopic (exact) mass is 348 g/mol. The zero-order valence-electron chi connectivity index (χ0n) is 11.4. The maximum absolute atomic E-state index is 14.3. The molecule has 2 aromatic rings. The van der Waals surface area contributed by atoms with E-state index in [1.807, 2.05) is 0 Å². The molecule has 23 heavy (non-hydrogen) atoms. The maximum Gasteiger partial charge on any atom is 0.343 e. The van der Waals surface area contributed by atoms with E-state index in [2.05, 4.69) is 4.74 Å². The van der Waals surface area contributed by atoms with E-state index in [4.69, 9.17) is 0 Å². The van der Waals surface area contributed by atoms with Gasteiger partial charge in [0, 0.05) is 0 Å². The van der Waals surface area contributed by atoms with E-state index in [9.17, 15) is 30.8 Å². The van der Waals surface area contributed by atoms with Crippen LogP contribution in [0.3, 0.4) is 0 Å². The molecule has 0 aliphatic heterocycles. The van der Waals surface area contributed by atoms with Crippen molar-refractivity contribution in [1.29, 1.82) is 0 Å². The van der Waals surface area contributed by atoms with Crippen LogP contribution in [0, 0.1) is 23.3 Å². The Kier molecular flexibility index (Phi) is 4.42. The van der Waals surface area contributed by atoms with Gasteiger partial charge in [-0.3, -0.25) is 0 Å². The van der Waals surface area contributed by atoms with Crippen molar-refractivity contribution in [1.82, 2.24) is 0 Å². The van der Waals surface area contributed by atoms with E-state index in [0.717, 1.165) is 13.2 Å². The van der Waals surface area contributed by atoms with Crippen molar-refractivity contribution in [3.05, 3.63) is 59.2 Å². The predicted octanol–water partition coefficient (Wildman–Crippen LogP) is 2.86. The van der Waals surface area contributed by atoms with Crippen molar-refractivity contribution in [2.75, 3.05) is 7.11 Å². The minimum atomic E-state index is -5.01. The third-order valence-electron chi connectivity index (χ3n) is 2.92. The normalized spacial score (nSPS) is 11.3. The predicted molar refractivity (Wildman–Crippen MR) is 69.5 cm³/mol. The van der Waals surface area contributed by atoms with Crippen LogP contribution in [0.15, 0.2) is 40.1 Å². The van der Waals surface area contributed by atoms with E-state index >= 15 is 0 Å². The van der Waals surface area contributed by atoms with E-state index in [1.165, 1.54) is 0 Å². The van der Waals surface area contributed by atoms with Crippen molar-refractivity contribution in [3.63, 3.8) is 0 Å². The van der Waals surface area contributed by atoms with Gasteiger partial charge >= 0.3 is 5.97 Å². The Morgan fingerprint density at radius 3 is 2.04 bits per heavy atom. The van der Waals surface area contributed by atoms with E-state index in [1.54, 1.807) is 0 Å². The summed E-state index contributed by atoms with van der Waals surface area (Å²) in [5.41, 5.74) is -1.27. The lowest BCUT2D eigenvalue weighted by Crippen LogP contribution is -2.14. The number of hydrogen-bond acceptors (Lipinski definition) is 4. The summed E-state index contributed by atoms with van der Waals surface area (Å²) >= 11 is 0. The summed E-state index contributed by atoms with van der Waals surface area (Å²) in [5.74, 6) is -7.53. The molecule has 0 aliphatic carbocycles. The molecule has 4 nitrogen and oxygen atoms in total. The number of rotatable bonds is 3. The number of benzene rings is 2. The van der Waals surface area contributed by atoms with Gasteiger partial charge < -0.3 is 4.74 Å². The van der Waals surface area contributed by atoms with Crippen LogP contribution in [-0.4, -0.2) is 21.5 Å². The molecule has 0 N–H and O–H groups in total. The van der Waals surface area contributed by atoms with Crippen LogP contribution in [0.1, 0.15) is 10.4 Å². The lowest BCUT2D eigenvalue weighted by Gasteiger charge is -2.10. The van der Waals surface area contributed by atoms with E-state index in [-0.39, 0.29) is 0 Å². The fourth-order valence-corrected chi connectivity index (χ4v) is 3.33. The molecular weight excluding hydrogens is 340 g/mol. The van der Waals surface area contributed by atoms with Crippen molar-refractivity contribution < 1.29 is 35.5 Å². The Hall–Kier alpha value is -2.42. The van der Waals surface area contributed by atoms with E-state index in [0.29, 0.717) is 24.3 Å². The molecule has 0 fully saturated rings. The van der Waals surface area contributed by atoms with Crippen LogP contribution in [0.25, 0.3) is 0 Å². The van der Waals surface area contributed by atoms with Gasteiger partial charge in [-0.15, -0.1) is 0 Å². The summed E-state index contributed by atoms with van der Waals surface area (Å²) in [6.45, 7) is 0. The minimum absolute atomic E-state index is 0.471. The number of hydrogen-bond donors (Lipinski definition) is 0. The molecule has 0 bridgehead atoms. The average molecular weight is 348 g/mol. The minimum Gasteiger partial charge on any atom is -0.465 e. The third kappa shape index (κ3) is 2.79. The fourth-order valence-electron chi connectivity index (χ4n) is 1.88. The molecule has 0 saturated carbocycles. The number of methoxy groups -OCH3 is 1. The third-order valence-corrected chi connectivity index (χ3v) is 4.74. The smallest absolute Gasteiger partial charge is 0.343 e. The first-order chi connectivity index (χ1) is 10.7. The summed E-state index contributed by atoms with van der Waals surface area (Å²) in [6.07, 6.45) is 0. The van der Waals surface area contributed by atoms with Crippen LogP contribution in [0.2, 0.25) is 0 Å². The first kappa shape index (κ1) is 16.9. The lowest BCUT2D eigenvalue weighted by molar-refractivity contribution is 0.0589. The summed E-state index contributed by atoms with van der Waals surface area (Å²) in [5, 5.41) is 0. The second kappa shape index (κ2) is 5.99. The van der Waals surface area contributed by atoms with Crippen LogP contribution < -0.4 is 0 Å². The highest BCUT2D eigenvalue weighted by atomic mass is 32.2. The molecule has 0 saturated heterocycles. The fraction of sp³-hybridized carbons (Fsp3) is 0.0714. The van der Waals surface area contributed by atoms with E-state index < -0.39 is 54.4 Å². The Morgan fingerprint density at radius 1 is 0.957 bits per heavy atom. The molecule has 122 valence electrons. The highest BCUT2D eigenvalue weighted by molar-refractivity contribution is 7.91. The number of halogens is 4. The number of esters is 1. The molecule has 0 heterocycles. The molecule has 9 heteroatoms. The topological polar surface area (TPSA) is 60.4 Å². The summed E-state index contributed by atoms with van der Waals surface area (Å²) in [4.78, 5) is 8.71. The van der Waals surface area contributed by atoms with Gasteiger partial charge in [-0.25, -0.2) is 30.8 Å². The average Bonchev–Trinajstić information content (AvgIpc) is 2.46. The highest BCUT2D eigenvalue weighted by Gasteiger charge is 2.32. The zero-order chi connectivity index (χ0) is 17.4. The van der Waals surface area contributed by atoms with Gasteiger partial charge in [0.05, 0.1) is 7.11 Å². The highest BCUT2D eigenvalue weighted by Crippen LogP contribution is 2.30.